The van der Waals surface area contributed by atoms with Gasteiger partial charge in [-0.25, -0.2) is 5.43 Å². The number of rotatable bonds is 5. The Morgan fingerprint density at radius 2 is 1.70 bits per heavy atom. The van der Waals surface area contributed by atoms with Crippen molar-refractivity contribution in [1.29, 1.82) is 0 Å². The van der Waals surface area contributed by atoms with Crippen molar-refractivity contribution in [2.24, 2.45) is 15.4 Å². The number of nitrogens with one attached hydrogen (secondary N) is 1. The Balaban J connectivity index is 1.94. The van der Waals surface area contributed by atoms with Crippen molar-refractivity contribution >= 4 is 17.8 Å². The van der Waals surface area contributed by atoms with Crippen LogP contribution < -0.4 is 5.43 Å². The summed E-state index contributed by atoms with van der Waals surface area (Å²) in [5.74, 6) is -0.274. The Morgan fingerprint density at radius 1 is 1.04 bits per heavy atom. The number of carbonyl (C=O) groups is 1. The maximum absolute atomic E-state index is 12.0. The molecule has 2 aromatic rings. The third-order valence-corrected chi connectivity index (χ3v) is 2.93. The molecule has 2 aromatic carbocycles. The molecule has 1 amide bonds. The normalized spacial score (nSPS) is 11.1. The van der Waals surface area contributed by atoms with Gasteiger partial charge in [0.2, 0.25) is 0 Å². The van der Waals surface area contributed by atoms with E-state index in [2.05, 4.69) is 20.9 Å². The van der Waals surface area contributed by atoms with Crippen molar-refractivity contribution in [3.63, 3.8) is 0 Å². The molecule has 0 aliphatic heterocycles. The van der Waals surface area contributed by atoms with E-state index in [0.29, 0.717) is 11.3 Å². The van der Waals surface area contributed by atoms with Gasteiger partial charge in [-0.15, -0.1) is 5.11 Å². The molecule has 0 aliphatic carbocycles. The fourth-order valence-electron chi connectivity index (χ4n) is 1.70. The number of nitrogens with zero attached hydrogens (tertiary/aromatic N) is 4. The molecule has 0 unspecified atom stereocenters. The Morgan fingerprint density at radius 3 is 2.30 bits per heavy atom. The molecule has 0 aliphatic rings. The molecule has 0 aromatic heterocycles. The van der Waals surface area contributed by atoms with Crippen LogP contribution in [0.5, 0.6) is 0 Å². The number of benzene rings is 2. The number of hydrazone groups is 1. The first-order valence-corrected chi connectivity index (χ1v) is 7.14. The first kappa shape index (κ1) is 16.4. The van der Waals surface area contributed by atoms with E-state index in [-0.39, 0.29) is 5.91 Å². The van der Waals surface area contributed by atoms with Gasteiger partial charge in [-0.05, 0) is 36.8 Å². The van der Waals surface area contributed by atoms with Crippen molar-refractivity contribution in [3.05, 3.63) is 65.2 Å². The molecule has 0 saturated carbocycles. The summed E-state index contributed by atoms with van der Waals surface area (Å²) in [5.41, 5.74) is 5.79. The van der Waals surface area contributed by atoms with Crippen LogP contribution in [0.4, 0.5) is 5.69 Å². The molecular weight excluding hydrogens is 290 g/mol. The fourth-order valence-corrected chi connectivity index (χ4v) is 1.70. The number of hydrogen-bond donors (Lipinski definition) is 1. The largest absolute Gasteiger partial charge is 0.285 e. The SMILES string of the molecule is Cc1ccc(/C=N/NC(=O)c2ccc(N=NN(C)C)cc2)cc1. The zero-order chi connectivity index (χ0) is 16.7. The Kier molecular flexibility index (Phi) is 5.57. The van der Waals surface area contributed by atoms with E-state index in [1.807, 2.05) is 31.2 Å². The minimum atomic E-state index is -0.274. The zero-order valence-electron chi connectivity index (χ0n) is 13.4. The molecule has 0 saturated heterocycles. The first-order valence-electron chi connectivity index (χ1n) is 7.14. The van der Waals surface area contributed by atoms with Gasteiger partial charge in [0, 0.05) is 19.7 Å². The molecule has 2 rings (SSSR count). The van der Waals surface area contributed by atoms with Gasteiger partial charge in [-0.3, -0.25) is 9.80 Å². The lowest BCUT2D eigenvalue weighted by Gasteiger charge is -2.02. The van der Waals surface area contributed by atoms with Crippen LogP contribution >= 0.6 is 0 Å². The summed E-state index contributed by atoms with van der Waals surface area (Å²) in [5, 5.41) is 13.5. The lowest BCUT2D eigenvalue weighted by molar-refractivity contribution is 0.0955. The van der Waals surface area contributed by atoms with Crippen molar-refractivity contribution in [3.8, 4) is 0 Å². The summed E-state index contributed by atoms with van der Waals surface area (Å²) < 4.78 is 0. The molecule has 6 heteroatoms. The van der Waals surface area contributed by atoms with Crippen molar-refractivity contribution in [2.75, 3.05) is 14.1 Å². The zero-order valence-corrected chi connectivity index (χ0v) is 13.4. The van der Waals surface area contributed by atoms with Gasteiger partial charge in [0.15, 0.2) is 0 Å². The van der Waals surface area contributed by atoms with E-state index in [1.165, 1.54) is 5.56 Å². The predicted octanol–water partition coefficient (Wildman–Crippen LogP) is 3.32. The van der Waals surface area contributed by atoms with Crippen LogP contribution in [-0.2, 0) is 0 Å². The van der Waals surface area contributed by atoms with E-state index < -0.39 is 0 Å². The Hall–Kier alpha value is -3.02. The molecular formula is C17H19N5O. The van der Waals surface area contributed by atoms with E-state index >= 15 is 0 Å². The third-order valence-electron chi connectivity index (χ3n) is 2.93. The first-order chi connectivity index (χ1) is 11.0. The number of amides is 1. The Bertz CT molecular complexity index is 703. The van der Waals surface area contributed by atoms with Gasteiger partial charge in [-0.2, -0.15) is 5.10 Å². The second-order valence-electron chi connectivity index (χ2n) is 5.19. The van der Waals surface area contributed by atoms with E-state index in [1.54, 1.807) is 49.6 Å². The second kappa shape index (κ2) is 7.84. The monoisotopic (exact) mass is 309 g/mol. The summed E-state index contributed by atoms with van der Waals surface area (Å²) in [7, 11) is 3.58. The van der Waals surface area contributed by atoms with Gasteiger partial charge in [0.25, 0.3) is 5.91 Å². The summed E-state index contributed by atoms with van der Waals surface area (Å²) in [6.45, 7) is 2.02. The maximum Gasteiger partial charge on any atom is 0.271 e. The Labute approximate surface area is 135 Å². The van der Waals surface area contributed by atoms with Gasteiger partial charge in [-0.1, -0.05) is 35.1 Å². The smallest absolute Gasteiger partial charge is 0.271 e. The number of carbonyl (C=O) groups excluding carboxylic acids is 1. The fraction of sp³-hybridized carbons (Fsp3) is 0.176. The van der Waals surface area contributed by atoms with Crippen molar-refractivity contribution < 1.29 is 4.79 Å². The van der Waals surface area contributed by atoms with Crippen LogP contribution in [0.15, 0.2) is 64.0 Å². The van der Waals surface area contributed by atoms with Crippen LogP contribution in [0.25, 0.3) is 0 Å². The number of hydrogen-bond acceptors (Lipinski definition) is 4. The molecule has 0 radical (unpaired) electrons. The highest BCUT2D eigenvalue weighted by atomic mass is 16.2. The number of aryl methyl sites for hydroxylation is 1. The van der Waals surface area contributed by atoms with E-state index in [0.717, 1.165) is 5.56 Å². The highest BCUT2D eigenvalue weighted by Crippen LogP contribution is 2.13. The summed E-state index contributed by atoms with van der Waals surface area (Å²) in [6.07, 6.45) is 1.61. The highest BCUT2D eigenvalue weighted by molar-refractivity contribution is 5.95. The summed E-state index contributed by atoms with van der Waals surface area (Å²) in [4.78, 5) is 12.0. The van der Waals surface area contributed by atoms with Crippen LogP contribution in [-0.4, -0.2) is 31.2 Å². The molecule has 0 spiro atoms. The molecule has 0 atom stereocenters. The van der Waals surface area contributed by atoms with Crippen LogP contribution in [0.1, 0.15) is 21.5 Å². The van der Waals surface area contributed by atoms with Crippen molar-refractivity contribution in [1.82, 2.24) is 10.4 Å². The molecule has 0 fully saturated rings. The standard InChI is InChI=1S/C17H19N5O/c1-13-4-6-14(7-5-13)12-18-20-17(23)15-8-10-16(11-9-15)19-21-22(2)3/h4-12H,1-3H3,(H,20,23)/b18-12+,21-19?. The third kappa shape index (κ3) is 5.35. The van der Waals surface area contributed by atoms with Crippen LogP contribution in [0.2, 0.25) is 0 Å². The predicted molar refractivity (Wildman–Crippen MR) is 90.9 cm³/mol. The van der Waals surface area contributed by atoms with Crippen LogP contribution in [0, 0.1) is 6.92 Å². The average Bonchev–Trinajstić information content (AvgIpc) is 2.55. The molecule has 23 heavy (non-hydrogen) atoms. The topological polar surface area (TPSA) is 69.4 Å². The molecule has 118 valence electrons. The van der Waals surface area contributed by atoms with Crippen molar-refractivity contribution in [2.45, 2.75) is 6.92 Å². The maximum atomic E-state index is 12.0. The van der Waals surface area contributed by atoms with Gasteiger partial charge < -0.3 is 0 Å². The lowest BCUT2D eigenvalue weighted by Crippen LogP contribution is -2.17. The van der Waals surface area contributed by atoms with E-state index in [9.17, 15) is 4.79 Å². The quantitative estimate of drug-likeness (QED) is 0.523. The molecule has 1 N–H and O–H groups in total. The highest BCUT2D eigenvalue weighted by Gasteiger charge is 2.03. The summed E-state index contributed by atoms with van der Waals surface area (Å²) >= 11 is 0. The molecule has 0 heterocycles. The van der Waals surface area contributed by atoms with Crippen LogP contribution in [0.3, 0.4) is 0 Å². The average molecular weight is 309 g/mol. The molecule has 6 nitrogen and oxygen atoms in total. The second-order valence-corrected chi connectivity index (χ2v) is 5.19. The van der Waals surface area contributed by atoms with Gasteiger partial charge in [0.1, 0.15) is 0 Å². The minimum absolute atomic E-state index is 0.274. The van der Waals surface area contributed by atoms with Gasteiger partial charge >= 0.3 is 0 Å². The van der Waals surface area contributed by atoms with E-state index in [4.69, 9.17) is 0 Å². The van der Waals surface area contributed by atoms with Gasteiger partial charge in [0.05, 0.1) is 11.9 Å². The lowest BCUT2D eigenvalue weighted by atomic mass is 10.2. The summed E-state index contributed by atoms with van der Waals surface area (Å²) in [6, 6.07) is 14.7. The minimum Gasteiger partial charge on any atom is -0.285 e. The molecule has 0 bridgehead atoms.